The zero-order valence-corrected chi connectivity index (χ0v) is 23.2. The van der Waals surface area contributed by atoms with Crippen molar-refractivity contribution >= 4 is 52.2 Å². The second kappa shape index (κ2) is 11.2. The van der Waals surface area contributed by atoms with Gasteiger partial charge in [0.25, 0.3) is 11.8 Å². The first-order valence-corrected chi connectivity index (χ1v) is 12.9. The molecule has 1 aliphatic rings. The van der Waals surface area contributed by atoms with E-state index in [0.717, 1.165) is 14.0 Å². The molecule has 3 aromatic rings. The lowest BCUT2D eigenvalue weighted by molar-refractivity contribution is -0.122. The molecule has 0 bridgehead atoms. The number of aryl methyl sites for hydroxylation is 2. The predicted octanol–water partition coefficient (Wildman–Crippen LogP) is 5.57. The Bertz CT molecular complexity index is 1390. The van der Waals surface area contributed by atoms with Crippen LogP contribution in [0.1, 0.15) is 34.7 Å². The number of hydrogen-bond acceptors (Lipinski definition) is 5. The average Bonchev–Trinajstić information content (AvgIpc) is 2.83. The molecule has 0 unspecified atom stereocenters. The van der Waals surface area contributed by atoms with E-state index in [4.69, 9.17) is 9.47 Å². The summed E-state index contributed by atoms with van der Waals surface area (Å²) in [5, 5.41) is 2.26. The van der Waals surface area contributed by atoms with Gasteiger partial charge < -0.3 is 9.47 Å². The third-order valence-electron chi connectivity index (χ3n) is 5.88. The van der Waals surface area contributed by atoms with Gasteiger partial charge >= 0.3 is 6.03 Å². The number of amides is 4. The van der Waals surface area contributed by atoms with E-state index in [1.807, 2.05) is 13.0 Å². The zero-order chi connectivity index (χ0) is 26.7. The van der Waals surface area contributed by atoms with Crippen LogP contribution in [0.5, 0.6) is 11.5 Å². The fourth-order valence-electron chi connectivity index (χ4n) is 4.36. The Morgan fingerprint density at radius 3 is 2.27 bits per heavy atom. The number of benzene rings is 3. The quantitative estimate of drug-likeness (QED) is 0.215. The van der Waals surface area contributed by atoms with Gasteiger partial charge in [0.1, 0.15) is 17.1 Å². The molecule has 4 rings (SSSR count). The van der Waals surface area contributed by atoms with Crippen LogP contribution in [0, 0.1) is 17.4 Å². The molecule has 190 valence electrons. The van der Waals surface area contributed by atoms with Crippen molar-refractivity contribution in [1.29, 1.82) is 0 Å². The maximum Gasteiger partial charge on any atom is 0.335 e. The van der Waals surface area contributed by atoms with Crippen molar-refractivity contribution in [3.63, 3.8) is 0 Å². The number of hydrogen-bond donors (Lipinski definition) is 1. The summed E-state index contributed by atoms with van der Waals surface area (Å²) < 4.78 is 12.0. The molecule has 0 aliphatic carbocycles. The van der Waals surface area contributed by atoms with Gasteiger partial charge in [-0.25, -0.2) is 9.69 Å². The van der Waals surface area contributed by atoms with E-state index in [1.165, 1.54) is 22.8 Å². The molecule has 4 amide bonds. The van der Waals surface area contributed by atoms with Crippen LogP contribution in [0.3, 0.4) is 0 Å². The number of carbonyl (C=O) groups excluding carboxylic acids is 3. The molecule has 1 fully saturated rings. The number of ether oxygens (including phenoxy) is 2. The average molecular weight is 610 g/mol. The topological polar surface area (TPSA) is 84.9 Å². The van der Waals surface area contributed by atoms with E-state index in [2.05, 4.69) is 60.0 Å². The largest absolute Gasteiger partial charge is 0.496 e. The molecule has 3 aromatic carbocycles. The molecular weight excluding hydrogens is 583 g/mol. The minimum atomic E-state index is -0.799. The van der Waals surface area contributed by atoms with Crippen molar-refractivity contribution in [3.8, 4) is 11.5 Å². The Hall–Kier alpha value is -3.66. The van der Waals surface area contributed by atoms with E-state index in [0.29, 0.717) is 35.8 Å². The highest BCUT2D eigenvalue weighted by molar-refractivity contribution is 14.1. The van der Waals surface area contributed by atoms with E-state index in [1.54, 1.807) is 37.4 Å². The number of methoxy groups -OCH3 is 1. The van der Waals surface area contributed by atoms with Crippen LogP contribution >= 0.6 is 22.6 Å². The molecule has 1 heterocycles. The number of carbonyl (C=O) groups is 3. The third kappa shape index (κ3) is 5.85. The summed E-state index contributed by atoms with van der Waals surface area (Å²) in [6.45, 7) is 6.50. The van der Waals surface area contributed by atoms with Crippen molar-refractivity contribution in [1.82, 2.24) is 5.32 Å². The van der Waals surface area contributed by atoms with E-state index in [9.17, 15) is 14.4 Å². The summed E-state index contributed by atoms with van der Waals surface area (Å²) in [6.07, 6.45) is 2.16. The summed E-state index contributed by atoms with van der Waals surface area (Å²) in [7, 11) is 1.60. The van der Waals surface area contributed by atoms with Crippen LogP contribution in [0.25, 0.3) is 6.08 Å². The van der Waals surface area contributed by atoms with E-state index in [-0.39, 0.29) is 5.57 Å². The van der Waals surface area contributed by atoms with Gasteiger partial charge in [0, 0.05) is 15.6 Å². The number of anilines is 1. The molecule has 0 saturated carbocycles. The van der Waals surface area contributed by atoms with Crippen molar-refractivity contribution < 1.29 is 23.9 Å². The standard InChI is InChI=1S/C29H27IN2O5/c1-5-37-22-8-6-21(7-9-22)32-28(34)24(27(33)31-29(32)35)14-20-15-25(30)23(26(16-20)36-4)13-19-11-17(2)10-18(3)12-19/h6-12,14-16H,5,13H2,1-4H3,(H,31,33,35)/b24-14+. The second-order valence-corrected chi connectivity index (χ2v) is 9.90. The first-order valence-electron chi connectivity index (χ1n) is 11.8. The molecule has 7 nitrogen and oxygen atoms in total. The number of imide groups is 2. The van der Waals surface area contributed by atoms with E-state index < -0.39 is 17.8 Å². The maximum absolute atomic E-state index is 13.3. The van der Waals surface area contributed by atoms with Gasteiger partial charge in [-0.2, -0.15) is 0 Å². The zero-order valence-electron chi connectivity index (χ0n) is 21.1. The summed E-state index contributed by atoms with van der Waals surface area (Å²) >= 11 is 2.24. The fraction of sp³-hybridized carbons (Fsp3) is 0.207. The second-order valence-electron chi connectivity index (χ2n) is 8.74. The third-order valence-corrected chi connectivity index (χ3v) is 6.84. The van der Waals surface area contributed by atoms with Gasteiger partial charge in [-0.15, -0.1) is 0 Å². The Morgan fingerprint density at radius 2 is 1.65 bits per heavy atom. The molecule has 0 radical (unpaired) electrons. The number of rotatable bonds is 7. The van der Waals surface area contributed by atoms with Crippen LogP contribution in [0.2, 0.25) is 0 Å². The number of halogens is 1. The summed E-state index contributed by atoms with van der Waals surface area (Å²) in [6, 6.07) is 15.9. The molecule has 1 aliphatic heterocycles. The minimum absolute atomic E-state index is 0.145. The highest BCUT2D eigenvalue weighted by Gasteiger charge is 2.36. The number of nitrogens with one attached hydrogen (secondary N) is 1. The molecule has 8 heteroatoms. The van der Waals surface area contributed by atoms with Gasteiger partial charge in [-0.05, 0) is 97.0 Å². The smallest absolute Gasteiger partial charge is 0.335 e. The Labute approximate surface area is 229 Å². The van der Waals surface area contributed by atoms with Gasteiger partial charge in [-0.1, -0.05) is 29.3 Å². The molecule has 0 aromatic heterocycles. The van der Waals surface area contributed by atoms with Crippen molar-refractivity contribution in [2.45, 2.75) is 27.2 Å². The first kappa shape index (κ1) is 26.4. The SMILES string of the molecule is CCOc1ccc(N2C(=O)NC(=O)/C(=C\c3cc(I)c(Cc4cc(C)cc(C)c4)c(OC)c3)C2=O)cc1. The number of barbiturate groups is 1. The maximum atomic E-state index is 13.3. The molecule has 1 saturated heterocycles. The Morgan fingerprint density at radius 1 is 0.973 bits per heavy atom. The van der Waals surface area contributed by atoms with Crippen LogP contribution in [-0.4, -0.2) is 31.6 Å². The molecular formula is C29H27IN2O5. The minimum Gasteiger partial charge on any atom is -0.496 e. The normalized spacial score (nSPS) is 14.7. The van der Waals surface area contributed by atoms with Crippen LogP contribution in [0.4, 0.5) is 10.5 Å². The van der Waals surface area contributed by atoms with Gasteiger partial charge in [-0.3, -0.25) is 14.9 Å². The Balaban J connectivity index is 1.67. The van der Waals surface area contributed by atoms with E-state index >= 15 is 0 Å². The van der Waals surface area contributed by atoms with Crippen molar-refractivity contribution in [2.24, 2.45) is 0 Å². The summed E-state index contributed by atoms with van der Waals surface area (Å²) in [5.41, 5.74) is 5.38. The number of nitrogens with zero attached hydrogens (tertiary/aromatic N) is 1. The molecule has 0 spiro atoms. The highest BCUT2D eigenvalue weighted by Crippen LogP contribution is 2.31. The Kier molecular flexibility index (Phi) is 7.97. The lowest BCUT2D eigenvalue weighted by atomic mass is 9.98. The molecule has 0 atom stereocenters. The van der Waals surface area contributed by atoms with Gasteiger partial charge in [0.2, 0.25) is 0 Å². The number of urea groups is 1. The summed E-state index contributed by atoms with van der Waals surface area (Å²) in [5.74, 6) is -0.178. The lowest BCUT2D eigenvalue weighted by Gasteiger charge is -2.26. The molecule has 1 N–H and O–H groups in total. The van der Waals surface area contributed by atoms with Crippen molar-refractivity contribution in [3.05, 3.63) is 91.6 Å². The predicted molar refractivity (Wildman–Crippen MR) is 151 cm³/mol. The molecule has 37 heavy (non-hydrogen) atoms. The van der Waals surface area contributed by atoms with Gasteiger partial charge in [0.05, 0.1) is 19.4 Å². The first-order chi connectivity index (χ1) is 17.7. The monoisotopic (exact) mass is 610 g/mol. The summed E-state index contributed by atoms with van der Waals surface area (Å²) in [4.78, 5) is 39.4. The highest BCUT2D eigenvalue weighted by atomic mass is 127. The lowest BCUT2D eigenvalue weighted by Crippen LogP contribution is -2.54. The van der Waals surface area contributed by atoms with Gasteiger partial charge in [0.15, 0.2) is 0 Å². The fourth-order valence-corrected chi connectivity index (χ4v) is 5.18. The van der Waals surface area contributed by atoms with Crippen LogP contribution < -0.4 is 19.7 Å². The van der Waals surface area contributed by atoms with Crippen LogP contribution in [0.15, 0.2) is 60.2 Å². The van der Waals surface area contributed by atoms with Crippen molar-refractivity contribution in [2.75, 3.05) is 18.6 Å². The van der Waals surface area contributed by atoms with Crippen LogP contribution in [-0.2, 0) is 16.0 Å².